The molecule has 7 heteroatoms. The van der Waals surface area contributed by atoms with Crippen LogP contribution in [0.15, 0.2) is 41.2 Å². The molecule has 2 N–H and O–H groups in total. The maximum absolute atomic E-state index is 13.9. The van der Waals surface area contributed by atoms with Crippen LogP contribution in [-0.2, 0) is 13.0 Å². The van der Waals surface area contributed by atoms with E-state index in [4.69, 9.17) is 0 Å². The molecule has 1 aliphatic carbocycles. The molecule has 3 heterocycles. The van der Waals surface area contributed by atoms with Crippen LogP contribution in [0, 0.1) is 20.8 Å². The van der Waals surface area contributed by atoms with Gasteiger partial charge in [0.25, 0.3) is 11.5 Å². The monoisotopic (exact) mass is 546 g/mol. The van der Waals surface area contributed by atoms with Crippen LogP contribution in [0.25, 0.3) is 0 Å². The minimum atomic E-state index is -0.265. The van der Waals surface area contributed by atoms with Gasteiger partial charge in [-0.15, -0.1) is 11.3 Å². The number of nitrogens with one attached hydrogen (secondary N) is 2. The van der Waals surface area contributed by atoms with E-state index in [1.54, 1.807) is 0 Å². The first-order chi connectivity index (χ1) is 18.8. The number of nitrogens with zero attached hydrogens (tertiary/aromatic N) is 2. The highest BCUT2D eigenvalue weighted by Crippen LogP contribution is 2.42. The number of thiophene rings is 1. The molecule has 0 spiro atoms. The summed E-state index contributed by atoms with van der Waals surface area (Å²) in [5.41, 5.74) is 5.70. The number of rotatable bonds is 8. The highest BCUT2D eigenvalue weighted by atomic mass is 32.1. The summed E-state index contributed by atoms with van der Waals surface area (Å²) in [6.07, 6.45) is 5.51. The zero-order valence-corrected chi connectivity index (χ0v) is 24.8. The Hall–Kier alpha value is -2.90. The molecule has 6 nitrogen and oxygen atoms in total. The molecule has 208 valence electrons. The Morgan fingerprint density at radius 1 is 1.10 bits per heavy atom. The Kier molecular flexibility index (Phi) is 8.29. The van der Waals surface area contributed by atoms with Crippen LogP contribution < -0.4 is 15.8 Å². The van der Waals surface area contributed by atoms with Gasteiger partial charge in [-0.05, 0) is 83.1 Å². The average Bonchev–Trinajstić information content (AvgIpc) is 3.25. The third-order valence-electron chi connectivity index (χ3n) is 8.72. The van der Waals surface area contributed by atoms with Crippen molar-refractivity contribution in [3.05, 3.63) is 85.1 Å². The van der Waals surface area contributed by atoms with Crippen molar-refractivity contribution in [2.45, 2.75) is 91.4 Å². The number of pyridine rings is 1. The number of carbonyl (C=O) groups is 1. The SMILES string of the molecule is CCN(c1sc2c(c1C)C(=O)N(C(C)c1c(C)cc(C)[nH]c1=O)CC2)C1CCC(NCc2ccccc2)CC1. The number of aromatic nitrogens is 1. The van der Waals surface area contributed by atoms with Crippen LogP contribution in [0.1, 0.15) is 88.8 Å². The Balaban J connectivity index is 1.29. The quantitative estimate of drug-likeness (QED) is 0.361. The second-order valence-electron chi connectivity index (χ2n) is 11.3. The molecular weight excluding hydrogens is 504 g/mol. The molecule has 1 saturated carbocycles. The first-order valence-electron chi connectivity index (χ1n) is 14.5. The number of aromatic amines is 1. The van der Waals surface area contributed by atoms with Gasteiger partial charge < -0.3 is 20.1 Å². The third kappa shape index (κ3) is 5.57. The predicted molar refractivity (Wildman–Crippen MR) is 161 cm³/mol. The van der Waals surface area contributed by atoms with Gasteiger partial charge in [0, 0.05) is 54.3 Å². The van der Waals surface area contributed by atoms with E-state index in [9.17, 15) is 9.59 Å². The fourth-order valence-corrected chi connectivity index (χ4v) is 8.10. The number of carbonyl (C=O) groups excluding carboxylic acids is 1. The number of amides is 1. The third-order valence-corrected chi connectivity index (χ3v) is 10.1. The topological polar surface area (TPSA) is 68.4 Å². The number of aryl methyl sites for hydroxylation is 2. The lowest BCUT2D eigenvalue weighted by molar-refractivity contribution is 0.0672. The maximum atomic E-state index is 13.9. The van der Waals surface area contributed by atoms with E-state index in [2.05, 4.69) is 59.4 Å². The molecule has 5 rings (SSSR count). The van der Waals surface area contributed by atoms with Gasteiger partial charge in [0.2, 0.25) is 0 Å². The van der Waals surface area contributed by atoms with E-state index >= 15 is 0 Å². The molecule has 0 saturated heterocycles. The molecule has 1 fully saturated rings. The number of anilines is 1. The molecule has 2 aliphatic rings. The lowest BCUT2D eigenvalue weighted by atomic mass is 9.89. The van der Waals surface area contributed by atoms with Crippen molar-refractivity contribution in [3.63, 3.8) is 0 Å². The first kappa shape index (κ1) is 27.7. The number of hydrogen-bond donors (Lipinski definition) is 2. The molecule has 3 aromatic rings. The summed E-state index contributed by atoms with van der Waals surface area (Å²) in [7, 11) is 0. The fourth-order valence-electron chi connectivity index (χ4n) is 6.68. The normalized spacial score (nSPS) is 20.1. The van der Waals surface area contributed by atoms with Gasteiger partial charge >= 0.3 is 0 Å². The summed E-state index contributed by atoms with van der Waals surface area (Å²) in [5.74, 6) is 0.0630. The Morgan fingerprint density at radius 3 is 2.49 bits per heavy atom. The van der Waals surface area contributed by atoms with Crippen molar-refractivity contribution in [2.75, 3.05) is 18.0 Å². The zero-order chi connectivity index (χ0) is 27.7. The molecule has 1 aromatic carbocycles. The summed E-state index contributed by atoms with van der Waals surface area (Å²) >= 11 is 1.81. The van der Waals surface area contributed by atoms with Crippen LogP contribution in [0.2, 0.25) is 0 Å². The Labute approximate surface area is 236 Å². The zero-order valence-electron chi connectivity index (χ0n) is 24.0. The van der Waals surface area contributed by atoms with E-state index in [1.165, 1.54) is 28.3 Å². The van der Waals surface area contributed by atoms with Gasteiger partial charge in [0.1, 0.15) is 0 Å². The van der Waals surface area contributed by atoms with Gasteiger partial charge in [-0.2, -0.15) is 0 Å². The van der Waals surface area contributed by atoms with E-state index in [0.717, 1.165) is 54.7 Å². The van der Waals surface area contributed by atoms with Crippen molar-refractivity contribution in [1.82, 2.24) is 15.2 Å². The smallest absolute Gasteiger partial charge is 0.255 e. The number of benzene rings is 1. The summed E-state index contributed by atoms with van der Waals surface area (Å²) < 4.78 is 0. The van der Waals surface area contributed by atoms with E-state index in [0.29, 0.717) is 24.2 Å². The summed E-state index contributed by atoms with van der Waals surface area (Å²) in [5, 5.41) is 5.02. The Bertz CT molecular complexity index is 1370. The van der Waals surface area contributed by atoms with Gasteiger partial charge in [-0.1, -0.05) is 30.3 Å². The lowest BCUT2D eigenvalue weighted by Gasteiger charge is -2.38. The van der Waals surface area contributed by atoms with Crippen molar-refractivity contribution < 1.29 is 4.79 Å². The molecule has 1 unspecified atom stereocenters. The van der Waals surface area contributed by atoms with Crippen molar-refractivity contribution in [3.8, 4) is 0 Å². The summed E-state index contributed by atoms with van der Waals surface area (Å²) in [6, 6.07) is 13.4. The van der Waals surface area contributed by atoms with Crippen molar-refractivity contribution >= 4 is 22.2 Å². The largest absolute Gasteiger partial charge is 0.361 e. The molecule has 2 aromatic heterocycles. The van der Waals surface area contributed by atoms with Gasteiger partial charge in [-0.3, -0.25) is 9.59 Å². The van der Waals surface area contributed by atoms with Crippen molar-refractivity contribution in [1.29, 1.82) is 0 Å². The van der Waals surface area contributed by atoms with Gasteiger partial charge in [-0.25, -0.2) is 0 Å². The highest BCUT2D eigenvalue weighted by molar-refractivity contribution is 7.16. The molecular formula is C32H42N4O2S. The minimum Gasteiger partial charge on any atom is -0.361 e. The second kappa shape index (κ2) is 11.7. The van der Waals surface area contributed by atoms with Crippen LogP contribution in [0.3, 0.4) is 0 Å². The fraction of sp³-hybridized carbons (Fsp3) is 0.500. The second-order valence-corrected chi connectivity index (χ2v) is 12.4. The van der Waals surface area contributed by atoms with Gasteiger partial charge in [0.15, 0.2) is 0 Å². The first-order valence-corrected chi connectivity index (χ1v) is 15.3. The number of fused-ring (bicyclic) bond motifs is 1. The summed E-state index contributed by atoms with van der Waals surface area (Å²) in [6.45, 7) is 12.7. The van der Waals surface area contributed by atoms with Crippen LogP contribution >= 0.6 is 11.3 Å². The predicted octanol–water partition coefficient (Wildman–Crippen LogP) is 6.05. The standard InChI is InChI=1S/C32H42N4O2S/c1-6-35(26-14-12-25(13-15-26)33-19-24-10-8-7-9-11-24)32-22(4)29-27(39-32)16-17-36(31(29)38)23(5)28-20(2)18-21(3)34-30(28)37/h7-11,18,23,25-26,33H,6,12-17,19H2,1-5H3,(H,34,37). The molecule has 39 heavy (non-hydrogen) atoms. The molecule has 1 aliphatic heterocycles. The van der Waals surface area contributed by atoms with Crippen LogP contribution in [0.4, 0.5) is 5.00 Å². The van der Waals surface area contributed by atoms with E-state index in [-0.39, 0.29) is 17.5 Å². The molecule has 1 amide bonds. The molecule has 0 radical (unpaired) electrons. The number of H-pyrrole nitrogens is 1. The van der Waals surface area contributed by atoms with Crippen molar-refractivity contribution in [2.24, 2.45) is 0 Å². The van der Waals surface area contributed by atoms with Gasteiger partial charge in [0.05, 0.1) is 16.6 Å². The molecule has 0 bridgehead atoms. The highest BCUT2D eigenvalue weighted by Gasteiger charge is 2.36. The van der Waals surface area contributed by atoms with Crippen LogP contribution in [0.5, 0.6) is 0 Å². The minimum absolute atomic E-state index is 0.0630. The van der Waals surface area contributed by atoms with Crippen LogP contribution in [-0.4, -0.2) is 41.0 Å². The Morgan fingerprint density at radius 2 is 1.82 bits per heavy atom. The average molecular weight is 547 g/mol. The summed E-state index contributed by atoms with van der Waals surface area (Å²) in [4.78, 5) is 35.3. The lowest BCUT2D eigenvalue weighted by Crippen LogP contribution is -2.42. The maximum Gasteiger partial charge on any atom is 0.255 e. The van der Waals surface area contributed by atoms with E-state index < -0.39 is 0 Å². The van der Waals surface area contributed by atoms with E-state index in [1.807, 2.05) is 43.1 Å². The molecule has 1 atom stereocenters. The number of hydrogen-bond acceptors (Lipinski definition) is 5.